The largest absolute Gasteiger partial charge is 0.374 e. The minimum absolute atomic E-state index is 0. The fourth-order valence-corrected chi connectivity index (χ4v) is 0.972. The van der Waals surface area contributed by atoms with Crippen LogP contribution >= 0.6 is 0 Å². The zero-order valence-electron chi connectivity index (χ0n) is 6.09. The molecule has 0 radical (unpaired) electrons. The first-order valence-corrected chi connectivity index (χ1v) is 3.41. The smallest absolute Gasteiger partial charge is 0.0383 e. The van der Waals surface area contributed by atoms with Crippen molar-refractivity contribution in [1.29, 1.82) is 0 Å². The van der Waals surface area contributed by atoms with Crippen LogP contribution in [0.3, 0.4) is 0 Å². The molecule has 0 bridgehead atoms. The van der Waals surface area contributed by atoms with Gasteiger partial charge in [0, 0.05) is 13.1 Å². The summed E-state index contributed by atoms with van der Waals surface area (Å²) < 4.78 is 0. The summed E-state index contributed by atoms with van der Waals surface area (Å²) in [6, 6.07) is 0. The molecular formula is C9H17N. The van der Waals surface area contributed by atoms with Crippen LogP contribution in [0, 0.1) is 0 Å². The van der Waals surface area contributed by atoms with E-state index in [0.29, 0.717) is 0 Å². The maximum absolute atomic E-state index is 2.29. The van der Waals surface area contributed by atoms with Crippen molar-refractivity contribution in [3.63, 3.8) is 0 Å². The van der Waals surface area contributed by atoms with Gasteiger partial charge < -0.3 is 4.90 Å². The molecule has 58 valence electrons. The number of allylic oxidation sites excluding steroid dienone is 2. The van der Waals surface area contributed by atoms with Crippen LogP contribution in [0.1, 0.15) is 21.3 Å². The minimum Gasteiger partial charge on any atom is -0.374 e. The highest BCUT2D eigenvalue weighted by atomic mass is 15.1. The van der Waals surface area contributed by atoms with Gasteiger partial charge in [-0.2, -0.15) is 0 Å². The molecule has 1 heterocycles. The van der Waals surface area contributed by atoms with E-state index in [0.717, 1.165) is 13.1 Å². The predicted octanol–water partition coefficient (Wildman–Crippen LogP) is 2.42. The van der Waals surface area contributed by atoms with Crippen LogP contribution in [0.4, 0.5) is 0 Å². The molecule has 0 amide bonds. The van der Waals surface area contributed by atoms with E-state index < -0.39 is 0 Å². The van der Waals surface area contributed by atoms with Crippen molar-refractivity contribution >= 4 is 0 Å². The summed E-state index contributed by atoms with van der Waals surface area (Å²) in [4.78, 5) is 2.29. The van der Waals surface area contributed by atoms with Crippen molar-refractivity contribution in [2.24, 2.45) is 0 Å². The van der Waals surface area contributed by atoms with E-state index in [9.17, 15) is 0 Å². The van der Waals surface area contributed by atoms with Crippen LogP contribution in [0.15, 0.2) is 23.9 Å². The van der Waals surface area contributed by atoms with Crippen LogP contribution in [0.2, 0.25) is 0 Å². The van der Waals surface area contributed by atoms with Crippen molar-refractivity contribution in [1.82, 2.24) is 4.90 Å². The quantitative estimate of drug-likeness (QED) is 0.539. The zero-order valence-corrected chi connectivity index (χ0v) is 6.09. The molecule has 0 N–H and O–H groups in total. The highest BCUT2D eigenvalue weighted by Gasteiger charge is 1.98. The van der Waals surface area contributed by atoms with E-state index in [2.05, 4.69) is 37.1 Å². The molecule has 1 rings (SSSR count). The molecular weight excluding hydrogens is 122 g/mol. The average molecular weight is 139 g/mol. The van der Waals surface area contributed by atoms with Crippen molar-refractivity contribution < 1.29 is 0 Å². The fourth-order valence-electron chi connectivity index (χ4n) is 0.972. The third kappa shape index (κ3) is 2.26. The van der Waals surface area contributed by atoms with Crippen LogP contribution in [0.25, 0.3) is 0 Å². The standard InChI is InChI=1S/C8H13N.CH4/c1-3-9-6-4-5-8(2)7-9;/h4-6H,3,7H2,1-2H3;1H4. The van der Waals surface area contributed by atoms with Gasteiger partial charge in [0.25, 0.3) is 0 Å². The fraction of sp³-hybridized carbons (Fsp3) is 0.556. The van der Waals surface area contributed by atoms with Crippen LogP contribution < -0.4 is 0 Å². The van der Waals surface area contributed by atoms with E-state index in [-0.39, 0.29) is 7.43 Å². The van der Waals surface area contributed by atoms with Crippen molar-refractivity contribution in [3.8, 4) is 0 Å². The summed E-state index contributed by atoms with van der Waals surface area (Å²) >= 11 is 0. The van der Waals surface area contributed by atoms with Gasteiger partial charge in [-0.15, -0.1) is 0 Å². The lowest BCUT2D eigenvalue weighted by atomic mass is 10.2. The summed E-state index contributed by atoms with van der Waals surface area (Å²) in [5.74, 6) is 0. The second kappa shape index (κ2) is 4.15. The molecule has 0 aliphatic carbocycles. The summed E-state index contributed by atoms with van der Waals surface area (Å²) in [7, 11) is 0. The summed E-state index contributed by atoms with van der Waals surface area (Å²) in [6.45, 7) is 6.55. The Morgan fingerprint density at radius 2 is 2.30 bits per heavy atom. The first-order valence-electron chi connectivity index (χ1n) is 3.41. The normalized spacial score (nSPS) is 16.2. The molecule has 0 fully saturated rings. The topological polar surface area (TPSA) is 3.24 Å². The SMILES string of the molecule is C.CCN1C=CC=C(C)C1. The maximum atomic E-state index is 2.29. The summed E-state index contributed by atoms with van der Waals surface area (Å²) in [5, 5.41) is 0. The number of likely N-dealkylation sites (N-methyl/N-ethyl adjacent to an activating group) is 1. The van der Waals surface area contributed by atoms with Crippen molar-refractivity contribution in [3.05, 3.63) is 23.9 Å². The van der Waals surface area contributed by atoms with Gasteiger partial charge in [0.2, 0.25) is 0 Å². The Kier molecular flexibility index (Phi) is 3.85. The van der Waals surface area contributed by atoms with Crippen LogP contribution in [0.5, 0.6) is 0 Å². The molecule has 1 aliphatic rings. The molecule has 1 aliphatic heterocycles. The van der Waals surface area contributed by atoms with E-state index >= 15 is 0 Å². The van der Waals surface area contributed by atoms with E-state index in [1.807, 2.05) is 0 Å². The van der Waals surface area contributed by atoms with Crippen LogP contribution in [-0.4, -0.2) is 18.0 Å². The number of nitrogens with zero attached hydrogens (tertiary/aromatic N) is 1. The lowest BCUT2D eigenvalue weighted by molar-refractivity contribution is 0.425. The van der Waals surface area contributed by atoms with E-state index in [1.165, 1.54) is 5.57 Å². The average Bonchev–Trinajstić information content (AvgIpc) is 1.88. The Morgan fingerprint density at radius 1 is 1.60 bits per heavy atom. The molecule has 0 spiro atoms. The Labute approximate surface area is 64.0 Å². The highest BCUT2D eigenvalue weighted by Crippen LogP contribution is 2.04. The molecule has 0 atom stereocenters. The molecule has 0 aromatic heterocycles. The molecule has 0 unspecified atom stereocenters. The first-order chi connectivity index (χ1) is 4.33. The molecule has 0 aromatic rings. The number of hydrogen-bond acceptors (Lipinski definition) is 1. The lowest BCUT2D eigenvalue weighted by Crippen LogP contribution is -2.20. The Hall–Kier alpha value is -0.720. The van der Waals surface area contributed by atoms with Gasteiger partial charge in [-0.05, 0) is 26.1 Å². The van der Waals surface area contributed by atoms with Gasteiger partial charge in [0.15, 0.2) is 0 Å². The maximum Gasteiger partial charge on any atom is 0.0383 e. The van der Waals surface area contributed by atoms with Gasteiger partial charge in [-0.1, -0.05) is 19.1 Å². The third-order valence-corrected chi connectivity index (χ3v) is 1.54. The van der Waals surface area contributed by atoms with E-state index in [1.54, 1.807) is 0 Å². The molecule has 0 saturated heterocycles. The lowest BCUT2D eigenvalue weighted by Gasteiger charge is -2.20. The third-order valence-electron chi connectivity index (χ3n) is 1.54. The molecule has 1 nitrogen and oxygen atoms in total. The summed E-state index contributed by atoms with van der Waals surface area (Å²) in [5.41, 5.74) is 1.44. The van der Waals surface area contributed by atoms with Gasteiger partial charge >= 0.3 is 0 Å². The first kappa shape index (κ1) is 9.28. The summed E-state index contributed by atoms with van der Waals surface area (Å²) in [6.07, 6.45) is 6.39. The molecule has 10 heavy (non-hydrogen) atoms. The molecule has 1 heteroatoms. The van der Waals surface area contributed by atoms with E-state index in [4.69, 9.17) is 0 Å². The monoisotopic (exact) mass is 139 g/mol. The van der Waals surface area contributed by atoms with Crippen LogP contribution in [-0.2, 0) is 0 Å². The minimum atomic E-state index is 0. The highest BCUT2D eigenvalue weighted by molar-refractivity contribution is 5.16. The van der Waals surface area contributed by atoms with Gasteiger partial charge in [0.1, 0.15) is 0 Å². The second-order valence-corrected chi connectivity index (χ2v) is 2.42. The Bertz CT molecular complexity index is 145. The number of rotatable bonds is 1. The zero-order chi connectivity index (χ0) is 6.69. The van der Waals surface area contributed by atoms with Crippen molar-refractivity contribution in [2.45, 2.75) is 21.3 Å². The van der Waals surface area contributed by atoms with Gasteiger partial charge in [0.05, 0.1) is 0 Å². The Morgan fingerprint density at radius 3 is 2.70 bits per heavy atom. The second-order valence-electron chi connectivity index (χ2n) is 2.42. The predicted molar refractivity (Wildman–Crippen MR) is 46.9 cm³/mol. The van der Waals surface area contributed by atoms with Crippen molar-refractivity contribution in [2.75, 3.05) is 13.1 Å². The van der Waals surface area contributed by atoms with Gasteiger partial charge in [-0.25, -0.2) is 0 Å². The molecule has 0 saturated carbocycles. The molecule has 0 aromatic carbocycles. The number of hydrogen-bond donors (Lipinski definition) is 0. The Balaban J connectivity index is 0.000000810. The van der Waals surface area contributed by atoms with Gasteiger partial charge in [-0.3, -0.25) is 0 Å².